The molecule has 0 atom stereocenters. The summed E-state index contributed by atoms with van der Waals surface area (Å²) in [5, 5.41) is 2.89. The van der Waals surface area contributed by atoms with E-state index in [1.165, 1.54) is 0 Å². The summed E-state index contributed by atoms with van der Waals surface area (Å²) in [6, 6.07) is 6.83. The summed E-state index contributed by atoms with van der Waals surface area (Å²) in [4.78, 5) is 22.2. The first-order valence-electron chi connectivity index (χ1n) is 6.87. The van der Waals surface area contributed by atoms with Crippen molar-refractivity contribution in [3.05, 3.63) is 29.8 Å². The molecule has 110 valence electrons. The van der Waals surface area contributed by atoms with E-state index in [-0.39, 0.29) is 17.9 Å². The van der Waals surface area contributed by atoms with Crippen LogP contribution in [0.25, 0.3) is 0 Å². The standard InChI is InChI=1S/C16H23NO3/c1-16(2,3)8-5-9-17-15(19)13-6-4-7-14(12-13)20-11-10-18/h4,6-7,10,12H,5,8-9,11H2,1-3H3,(H,17,19). The van der Waals surface area contributed by atoms with Crippen LogP contribution in [0.2, 0.25) is 0 Å². The monoisotopic (exact) mass is 277 g/mol. The predicted octanol–water partition coefficient (Wildman–Crippen LogP) is 2.82. The number of benzene rings is 1. The van der Waals surface area contributed by atoms with Gasteiger partial charge in [0.25, 0.3) is 5.91 Å². The van der Waals surface area contributed by atoms with E-state index in [0.717, 1.165) is 12.8 Å². The Bertz CT molecular complexity index is 449. The number of ether oxygens (including phenoxy) is 1. The molecule has 0 fully saturated rings. The highest BCUT2D eigenvalue weighted by Crippen LogP contribution is 2.20. The maximum atomic E-state index is 12.0. The normalized spacial score (nSPS) is 10.9. The fourth-order valence-corrected chi connectivity index (χ4v) is 1.78. The Labute approximate surface area is 120 Å². The first-order chi connectivity index (χ1) is 9.42. The molecule has 0 aliphatic rings. The minimum Gasteiger partial charge on any atom is -0.486 e. The molecular formula is C16H23NO3. The fourth-order valence-electron chi connectivity index (χ4n) is 1.78. The van der Waals surface area contributed by atoms with Gasteiger partial charge in [-0.15, -0.1) is 0 Å². The maximum Gasteiger partial charge on any atom is 0.251 e. The molecule has 20 heavy (non-hydrogen) atoms. The second-order valence-corrected chi connectivity index (χ2v) is 5.93. The molecule has 0 aliphatic carbocycles. The van der Waals surface area contributed by atoms with Gasteiger partial charge in [0.15, 0.2) is 6.29 Å². The molecule has 4 nitrogen and oxygen atoms in total. The van der Waals surface area contributed by atoms with Gasteiger partial charge in [-0.1, -0.05) is 26.8 Å². The lowest BCUT2D eigenvalue weighted by Crippen LogP contribution is -2.25. The first kappa shape index (κ1) is 16.2. The average molecular weight is 277 g/mol. The molecule has 0 spiro atoms. The van der Waals surface area contributed by atoms with E-state index in [9.17, 15) is 9.59 Å². The lowest BCUT2D eigenvalue weighted by Gasteiger charge is -2.17. The molecule has 1 N–H and O–H groups in total. The van der Waals surface area contributed by atoms with Crippen molar-refractivity contribution >= 4 is 12.2 Å². The number of carbonyl (C=O) groups is 2. The van der Waals surface area contributed by atoms with Gasteiger partial charge < -0.3 is 10.1 Å². The third-order valence-electron chi connectivity index (χ3n) is 2.80. The number of hydrogen-bond donors (Lipinski definition) is 1. The van der Waals surface area contributed by atoms with Crippen LogP contribution in [0.1, 0.15) is 44.0 Å². The summed E-state index contributed by atoms with van der Waals surface area (Å²) in [6.45, 7) is 7.21. The van der Waals surface area contributed by atoms with Crippen molar-refractivity contribution in [1.29, 1.82) is 0 Å². The van der Waals surface area contributed by atoms with Gasteiger partial charge in [0.05, 0.1) is 0 Å². The van der Waals surface area contributed by atoms with Crippen LogP contribution < -0.4 is 10.1 Å². The smallest absolute Gasteiger partial charge is 0.251 e. The van der Waals surface area contributed by atoms with Crippen molar-refractivity contribution in [1.82, 2.24) is 5.32 Å². The van der Waals surface area contributed by atoms with Crippen LogP contribution in [-0.4, -0.2) is 25.3 Å². The van der Waals surface area contributed by atoms with E-state index < -0.39 is 0 Å². The summed E-state index contributed by atoms with van der Waals surface area (Å²) < 4.78 is 5.17. The molecule has 0 aromatic heterocycles. The van der Waals surface area contributed by atoms with Gasteiger partial charge in [-0.25, -0.2) is 0 Å². The van der Waals surface area contributed by atoms with Gasteiger partial charge in [-0.05, 0) is 36.5 Å². The van der Waals surface area contributed by atoms with Gasteiger partial charge in [-0.2, -0.15) is 0 Å². The number of aldehydes is 1. The third-order valence-corrected chi connectivity index (χ3v) is 2.80. The van der Waals surface area contributed by atoms with Crippen LogP contribution in [0.15, 0.2) is 24.3 Å². The fraction of sp³-hybridized carbons (Fsp3) is 0.500. The van der Waals surface area contributed by atoms with Crippen LogP contribution in [0.5, 0.6) is 5.75 Å². The zero-order chi connectivity index (χ0) is 15.0. The molecule has 0 heterocycles. The van der Waals surface area contributed by atoms with Gasteiger partial charge >= 0.3 is 0 Å². The number of rotatable bonds is 7. The zero-order valence-corrected chi connectivity index (χ0v) is 12.4. The van der Waals surface area contributed by atoms with Crippen LogP contribution in [0.4, 0.5) is 0 Å². The van der Waals surface area contributed by atoms with Crippen molar-refractivity contribution in [2.24, 2.45) is 5.41 Å². The SMILES string of the molecule is CC(C)(C)CCCNC(=O)c1cccc(OCC=O)c1. The quantitative estimate of drug-likeness (QED) is 0.616. The van der Waals surface area contributed by atoms with Crippen molar-refractivity contribution in [3.8, 4) is 5.75 Å². The first-order valence-corrected chi connectivity index (χ1v) is 6.87. The molecule has 1 aromatic carbocycles. The number of amides is 1. The second kappa shape index (κ2) is 7.68. The van der Waals surface area contributed by atoms with E-state index in [2.05, 4.69) is 26.1 Å². The second-order valence-electron chi connectivity index (χ2n) is 5.93. The summed E-state index contributed by atoms with van der Waals surface area (Å²) in [6.07, 6.45) is 2.70. The molecule has 4 heteroatoms. The van der Waals surface area contributed by atoms with Gasteiger partial charge in [-0.3, -0.25) is 9.59 Å². The number of nitrogens with one attached hydrogen (secondary N) is 1. The molecule has 1 aromatic rings. The minimum atomic E-state index is -0.115. The molecule has 0 saturated carbocycles. The van der Waals surface area contributed by atoms with Crippen molar-refractivity contribution in [2.75, 3.05) is 13.2 Å². The molecule has 0 aliphatic heterocycles. The Balaban J connectivity index is 2.44. The molecule has 0 saturated heterocycles. The molecular weight excluding hydrogens is 254 g/mol. The highest BCUT2D eigenvalue weighted by molar-refractivity contribution is 5.94. The van der Waals surface area contributed by atoms with E-state index in [4.69, 9.17) is 4.74 Å². The van der Waals surface area contributed by atoms with Crippen molar-refractivity contribution in [3.63, 3.8) is 0 Å². The zero-order valence-electron chi connectivity index (χ0n) is 12.4. The molecule has 1 rings (SSSR count). The topological polar surface area (TPSA) is 55.4 Å². The van der Waals surface area contributed by atoms with Crippen molar-refractivity contribution < 1.29 is 14.3 Å². The number of hydrogen-bond acceptors (Lipinski definition) is 3. The Morgan fingerprint density at radius 2 is 2.10 bits per heavy atom. The van der Waals surface area contributed by atoms with E-state index in [0.29, 0.717) is 24.1 Å². The van der Waals surface area contributed by atoms with E-state index in [1.54, 1.807) is 24.3 Å². The molecule has 1 amide bonds. The lowest BCUT2D eigenvalue weighted by atomic mass is 9.91. The Hall–Kier alpha value is -1.84. The molecule has 0 bridgehead atoms. The van der Waals surface area contributed by atoms with Gasteiger partial charge in [0.1, 0.15) is 12.4 Å². The van der Waals surface area contributed by atoms with Gasteiger partial charge in [0, 0.05) is 12.1 Å². The Morgan fingerprint density at radius 1 is 1.35 bits per heavy atom. The highest BCUT2D eigenvalue weighted by atomic mass is 16.5. The molecule has 0 radical (unpaired) electrons. The van der Waals surface area contributed by atoms with Crippen LogP contribution >= 0.6 is 0 Å². The lowest BCUT2D eigenvalue weighted by molar-refractivity contribution is -0.109. The summed E-state index contributed by atoms with van der Waals surface area (Å²) >= 11 is 0. The maximum absolute atomic E-state index is 12.0. The Kier molecular flexibility index (Phi) is 6.22. The van der Waals surface area contributed by atoms with Crippen molar-refractivity contribution in [2.45, 2.75) is 33.6 Å². The minimum absolute atomic E-state index is 0.00332. The Morgan fingerprint density at radius 3 is 2.75 bits per heavy atom. The summed E-state index contributed by atoms with van der Waals surface area (Å²) in [7, 11) is 0. The number of carbonyl (C=O) groups excluding carboxylic acids is 2. The van der Waals surface area contributed by atoms with E-state index >= 15 is 0 Å². The molecule has 0 unspecified atom stereocenters. The van der Waals surface area contributed by atoms with E-state index in [1.807, 2.05) is 0 Å². The van der Waals surface area contributed by atoms with Crippen LogP contribution in [0.3, 0.4) is 0 Å². The van der Waals surface area contributed by atoms with Crippen LogP contribution in [-0.2, 0) is 4.79 Å². The summed E-state index contributed by atoms with van der Waals surface area (Å²) in [5.41, 5.74) is 0.831. The largest absolute Gasteiger partial charge is 0.486 e. The summed E-state index contributed by atoms with van der Waals surface area (Å²) in [5.74, 6) is 0.412. The van der Waals surface area contributed by atoms with Gasteiger partial charge in [0.2, 0.25) is 0 Å². The average Bonchev–Trinajstić information content (AvgIpc) is 2.40. The highest BCUT2D eigenvalue weighted by Gasteiger charge is 2.10. The predicted molar refractivity (Wildman–Crippen MR) is 79.0 cm³/mol. The van der Waals surface area contributed by atoms with Crippen LogP contribution in [0, 0.1) is 5.41 Å². The third kappa shape index (κ3) is 6.36.